The quantitative estimate of drug-likeness (QED) is 0.858. The molecule has 0 spiro atoms. The van der Waals surface area contributed by atoms with Crippen molar-refractivity contribution in [3.8, 4) is 0 Å². The first-order chi connectivity index (χ1) is 8.79. The third-order valence-corrected chi connectivity index (χ3v) is 4.17. The van der Waals surface area contributed by atoms with Crippen LogP contribution < -0.4 is 0 Å². The van der Waals surface area contributed by atoms with Gasteiger partial charge < -0.3 is 14.3 Å². The van der Waals surface area contributed by atoms with Crippen LogP contribution in [0.3, 0.4) is 0 Å². The van der Waals surface area contributed by atoms with E-state index in [1.807, 2.05) is 6.07 Å². The average molecular weight is 262 g/mol. The Bertz CT molecular complexity index is 601. The Balaban J connectivity index is 1.95. The molecular formula is C14H18N2OS. The number of imidazole rings is 1. The molecule has 1 N–H and O–H groups in total. The van der Waals surface area contributed by atoms with Crippen molar-refractivity contribution < 1.29 is 4.74 Å². The fraction of sp³-hybridized carbons (Fsp3) is 0.500. The van der Waals surface area contributed by atoms with E-state index in [2.05, 4.69) is 34.7 Å². The first kappa shape index (κ1) is 11.9. The highest BCUT2D eigenvalue weighted by Gasteiger charge is 2.27. The number of nitrogens with zero attached hydrogens (tertiary/aromatic N) is 1. The first-order valence-electron chi connectivity index (χ1n) is 6.58. The van der Waals surface area contributed by atoms with Crippen LogP contribution in [0.2, 0.25) is 0 Å². The van der Waals surface area contributed by atoms with Gasteiger partial charge in [-0.3, -0.25) is 0 Å². The van der Waals surface area contributed by atoms with Gasteiger partial charge in [-0.2, -0.15) is 0 Å². The van der Waals surface area contributed by atoms with E-state index in [-0.39, 0.29) is 0 Å². The summed E-state index contributed by atoms with van der Waals surface area (Å²) < 4.78 is 8.79. The predicted octanol–water partition coefficient (Wildman–Crippen LogP) is 3.51. The fourth-order valence-corrected chi connectivity index (χ4v) is 3.16. The van der Waals surface area contributed by atoms with Crippen LogP contribution >= 0.6 is 12.2 Å². The minimum atomic E-state index is 0.389. The lowest BCUT2D eigenvalue weighted by atomic mass is 9.99. The van der Waals surface area contributed by atoms with Gasteiger partial charge in [-0.25, -0.2) is 0 Å². The second-order valence-electron chi connectivity index (χ2n) is 4.92. The minimum absolute atomic E-state index is 0.389. The second-order valence-corrected chi connectivity index (χ2v) is 5.31. The van der Waals surface area contributed by atoms with Crippen LogP contribution in [0.25, 0.3) is 11.0 Å². The van der Waals surface area contributed by atoms with Gasteiger partial charge in [0.1, 0.15) is 0 Å². The van der Waals surface area contributed by atoms with Gasteiger partial charge in [0.2, 0.25) is 0 Å². The largest absolute Gasteiger partial charge is 0.378 e. The molecule has 1 aromatic carbocycles. The van der Waals surface area contributed by atoms with Crippen LogP contribution in [0, 0.1) is 10.7 Å². The zero-order valence-electron chi connectivity index (χ0n) is 10.6. The number of hydrogen-bond donors (Lipinski definition) is 1. The lowest BCUT2D eigenvalue weighted by Crippen LogP contribution is -2.20. The summed E-state index contributed by atoms with van der Waals surface area (Å²) >= 11 is 5.43. The highest BCUT2D eigenvalue weighted by molar-refractivity contribution is 7.71. The van der Waals surface area contributed by atoms with E-state index in [9.17, 15) is 0 Å². The standard InChI is InChI=1S/C14H18N2OS/c1-2-13-10(7-8-17-13)9-16-12-6-4-3-5-11(12)15-14(16)18/h3-6,10,13H,2,7-9H2,1H3,(H,15,18). The summed E-state index contributed by atoms with van der Waals surface area (Å²) in [5.74, 6) is 0.584. The molecule has 18 heavy (non-hydrogen) atoms. The number of H-pyrrole nitrogens is 1. The van der Waals surface area contributed by atoms with Gasteiger partial charge in [0.25, 0.3) is 0 Å². The third-order valence-electron chi connectivity index (χ3n) is 3.85. The summed E-state index contributed by atoms with van der Waals surface area (Å²) in [5.41, 5.74) is 2.32. The van der Waals surface area contributed by atoms with Gasteiger partial charge in [-0.1, -0.05) is 19.1 Å². The van der Waals surface area contributed by atoms with Crippen LogP contribution in [0.5, 0.6) is 0 Å². The lowest BCUT2D eigenvalue weighted by molar-refractivity contribution is 0.0837. The van der Waals surface area contributed by atoms with Crippen molar-refractivity contribution in [2.24, 2.45) is 5.92 Å². The molecule has 1 aromatic heterocycles. The SMILES string of the molecule is CCC1OCCC1Cn1c(=S)[nH]c2ccccc21. The van der Waals surface area contributed by atoms with E-state index in [1.165, 1.54) is 5.52 Å². The second kappa shape index (κ2) is 4.86. The molecule has 2 heterocycles. The number of ether oxygens (including phenoxy) is 1. The Morgan fingerprint density at radius 1 is 1.44 bits per heavy atom. The summed E-state index contributed by atoms with van der Waals surface area (Å²) in [6.07, 6.45) is 2.61. The highest BCUT2D eigenvalue weighted by atomic mass is 32.1. The van der Waals surface area contributed by atoms with E-state index in [0.717, 1.165) is 36.3 Å². The van der Waals surface area contributed by atoms with E-state index in [0.29, 0.717) is 12.0 Å². The maximum Gasteiger partial charge on any atom is 0.178 e. The van der Waals surface area contributed by atoms with Crippen molar-refractivity contribution in [1.82, 2.24) is 9.55 Å². The highest BCUT2D eigenvalue weighted by Crippen LogP contribution is 2.26. The molecule has 2 unspecified atom stereocenters. The van der Waals surface area contributed by atoms with Crippen LogP contribution in [0.1, 0.15) is 19.8 Å². The van der Waals surface area contributed by atoms with Crippen molar-refractivity contribution in [1.29, 1.82) is 0 Å². The molecule has 1 saturated heterocycles. The zero-order valence-corrected chi connectivity index (χ0v) is 11.4. The Kier molecular flexibility index (Phi) is 3.22. The molecule has 3 nitrogen and oxygen atoms in total. The Hall–Kier alpha value is -1.13. The predicted molar refractivity (Wildman–Crippen MR) is 75.3 cm³/mol. The van der Waals surface area contributed by atoms with Gasteiger partial charge in [0.15, 0.2) is 4.77 Å². The summed E-state index contributed by atoms with van der Waals surface area (Å²) in [7, 11) is 0. The summed E-state index contributed by atoms with van der Waals surface area (Å²) in [6.45, 7) is 4.04. The minimum Gasteiger partial charge on any atom is -0.378 e. The molecule has 0 saturated carbocycles. The van der Waals surface area contributed by atoms with Crippen LogP contribution in [0.15, 0.2) is 24.3 Å². The molecule has 2 aromatic rings. The third kappa shape index (κ3) is 1.99. The molecule has 2 atom stereocenters. The van der Waals surface area contributed by atoms with Crippen molar-refractivity contribution in [2.45, 2.75) is 32.4 Å². The topological polar surface area (TPSA) is 29.9 Å². The van der Waals surface area contributed by atoms with Gasteiger partial charge >= 0.3 is 0 Å². The number of aromatic nitrogens is 2. The summed E-state index contributed by atoms with van der Waals surface area (Å²) in [5, 5.41) is 0. The van der Waals surface area contributed by atoms with Crippen molar-refractivity contribution in [3.63, 3.8) is 0 Å². The van der Waals surface area contributed by atoms with Crippen LogP contribution in [-0.4, -0.2) is 22.3 Å². The maximum atomic E-state index is 5.76. The number of aromatic amines is 1. The number of fused-ring (bicyclic) bond motifs is 1. The number of rotatable bonds is 3. The molecule has 0 bridgehead atoms. The van der Waals surface area contributed by atoms with Crippen molar-refractivity contribution in [2.75, 3.05) is 6.61 Å². The first-order valence-corrected chi connectivity index (χ1v) is 6.99. The normalized spacial score (nSPS) is 23.8. The van der Waals surface area contributed by atoms with Crippen LogP contribution in [0.4, 0.5) is 0 Å². The number of benzene rings is 1. The van der Waals surface area contributed by atoms with Gasteiger partial charge in [-0.15, -0.1) is 0 Å². The molecule has 96 valence electrons. The monoisotopic (exact) mass is 262 g/mol. The molecule has 4 heteroatoms. The molecule has 1 fully saturated rings. The van der Waals surface area contributed by atoms with E-state index in [1.54, 1.807) is 0 Å². The molecule has 0 radical (unpaired) electrons. The van der Waals surface area contributed by atoms with E-state index >= 15 is 0 Å². The maximum absolute atomic E-state index is 5.76. The lowest BCUT2D eigenvalue weighted by Gasteiger charge is -2.17. The average Bonchev–Trinajstić information content (AvgIpc) is 2.95. The van der Waals surface area contributed by atoms with Gasteiger partial charge in [0.05, 0.1) is 17.1 Å². The Labute approximate surface area is 112 Å². The number of para-hydroxylation sites is 2. The van der Waals surface area contributed by atoms with Crippen LogP contribution in [-0.2, 0) is 11.3 Å². The number of hydrogen-bond acceptors (Lipinski definition) is 2. The van der Waals surface area contributed by atoms with Crippen molar-refractivity contribution >= 4 is 23.3 Å². The van der Waals surface area contributed by atoms with E-state index < -0.39 is 0 Å². The fourth-order valence-electron chi connectivity index (χ4n) is 2.88. The molecule has 3 rings (SSSR count). The molecule has 1 aliphatic rings. The zero-order chi connectivity index (χ0) is 12.5. The Morgan fingerprint density at radius 2 is 2.28 bits per heavy atom. The summed E-state index contributed by atoms with van der Waals surface area (Å²) in [4.78, 5) is 3.27. The molecule has 1 aliphatic heterocycles. The molecular weight excluding hydrogens is 244 g/mol. The van der Waals surface area contributed by atoms with E-state index in [4.69, 9.17) is 17.0 Å². The number of nitrogens with one attached hydrogen (secondary N) is 1. The Morgan fingerprint density at radius 3 is 3.11 bits per heavy atom. The van der Waals surface area contributed by atoms with Gasteiger partial charge in [-0.05, 0) is 37.2 Å². The summed E-state index contributed by atoms with van der Waals surface area (Å²) in [6, 6.07) is 8.29. The smallest absolute Gasteiger partial charge is 0.178 e. The molecule has 0 amide bonds. The van der Waals surface area contributed by atoms with Gasteiger partial charge in [0, 0.05) is 19.1 Å². The molecule has 0 aliphatic carbocycles. The van der Waals surface area contributed by atoms with Crippen molar-refractivity contribution in [3.05, 3.63) is 29.0 Å².